The highest BCUT2D eigenvalue weighted by Crippen LogP contribution is 2.32. The minimum atomic E-state index is -0.269. The van der Waals surface area contributed by atoms with E-state index < -0.39 is 0 Å². The van der Waals surface area contributed by atoms with Crippen LogP contribution in [0.4, 0.5) is 5.69 Å². The van der Waals surface area contributed by atoms with Gasteiger partial charge in [0.25, 0.3) is 0 Å². The quantitative estimate of drug-likeness (QED) is 0.533. The summed E-state index contributed by atoms with van der Waals surface area (Å²) >= 11 is 1.35. The highest BCUT2D eigenvalue weighted by atomic mass is 32.2. The molecule has 31 heavy (non-hydrogen) atoms. The molecule has 3 aromatic rings. The Morgan fingerprint density at radius 1 is 1.26 bits per heavy atom. The number of benzene rings is 1. The molecule has 1 aliphatic rings. The van der Waals surface area contributed by atoms with Crippen LogP contribution >= 0.6 is 11.8 Å². The highest BCUT2D eigenvalue weighted by molar-refractivity contribution is 7.98. The van der Waals surface area contributed by atoms with Gasteiger partial charge in [0.1, 0.15) is 19.8 Å². The molecule has 0 aliphatic carbocycles. The van der Waals surface area contributed by atoms with Gasteiger partial charge in [-0.15, -0.1) is 5.10 Å². The van der Waals surface area contributed by atoms with E-state index in [0.717, 1.165) is 0 Å². The summed E-state index contributed by atoms with van der Waals surface area (Å²) in [7, 11) is 3.14. The van der Waals surface area contributed by atoms with E-state index in [1.807, 2.05) is 0 Å². The molecule has 1 aromatic carbocycles. The Morgan fingerprint density at radius 3 is 2.81 bits per heavy atom. The Bertz CT molecular complexity index is 1160. The molecule has 0 saturated carbocycles. The lowest BCUT2D eigenvalue weighted by Gasteiger charge is -2.19. The molecular formula is C19H20N6O5S. The number of aromatic nitrogens is 5. The Hall–Kier alpha value is -3.54. The van der Waals surface area contributed by atoms with E-state index in [-0.39, 0.29) is 23.6 Å². The third-order valence-electron chi connectivity index (χ3n) is 4.47. The van der Waals surface area contributed by atoms with Gasteiger partial charge < -0.3 is 24.1 Å². The number of thioether (sulfide) groups is 1. The largest absolute Gasteiger partial charge is 0.491 e. The SMILES string of the molecule is COc1cn(CC(=O)Nc2ccc3c(c2)OCCO3)c(CSc2nnnn2C)cc1=O. The van der Waals surface area contributed by atoms with Crippen molar-refractivity contribution in [3.05, 3.63) is 46.4 Å². The van der Waals surface area contributed by atoms with E-state index in [0.29, 0.717) is 47.0 Å². The van der Waals surface area contributed by atoms with Crippen molar-refractivity contribution in [3.8, 4) is 17.2 Å². The van der Waals surface area contributed by atoms with Crippen molar-refractivity contribution in [2.75, 3.05) is 25.6 Å². The van der Waals surface area contributed by atoms with Crippen LogP contribution in [0.3, 0.4) is 0 Å². The van der Waals surface area contributed by atoms with Gasteiger partial charge >= 0.3 is 0 Å². The van der Waals surface area contributed by atoms with Crippen LogP contribution in [-0.2, 0) is 24.1 Å². The monoisotopic (exact) mass is 444 g/mol. The number of tetrazole rings is 1. The van der Waals surface area contributed by atoms with Gasteiger partial charge in [0, 0.05) is 36.3 Å². The Labute approximate surface area is 181 Å². The smallest absolute Gasteiger partial charge is 0.244 e. The molecule has 0 atom stereocenters. The molecule has 1 amide bonds. The second-order valence-electron chi connectivity index (χ2n) is 6.61. The third kappa shape index (κ3) is 4.79. The molecular weight excluding hydrogens is 424 g/mol. The van der Waals surface area contributed by atoms with Crippen molar-refractivity contribution in [3.63, 3.8) is 0 Å². The maximum Gasteiger partial charge on any atom is 0.244 e. The number of carbonyl (C=O) groups is 1. The van der Waals surface area contributed by atoms with Crippen molar-refractivity contribution in [2.45, 2.75) is 17.5 Å². The molecule has 0 spiro atoms. The van der Waals surface area contributed by atoms with E-state index in [2.05, 4.69) is 20.8 Å². The Balaban J connectivity index is 1.51. The van der Waals surface area contributed by atoms with Gasteiger partial charge in [-0.05, 0) is 22.6 Å². The minimum absolute atomic E-state index is 0.0158. The van der Waals surface area contributed by atoms with Crippen LogP contribution in [0.5, 0.6) is 17.2 Å². The lowest BCUT2D eigenvalue weighted by atomic mass is 10.2. The molecule has 11 nitrogen and oxygen atoms in total. The van der Waals surface area contributed by atoms with Gasteiger partial charge in [0.05, 0.1) is 13.3 Å². The molecule has 0 saturated heterocycles. The lowest BCUT2D eigenvalue weighted by molar-refractivity contribution is -0.116. The molecule has 4 rings (SSSR count). The van der Waals surface area contributed by atoms with Crippen molar-refractivity contribution in [1.29, 1.82) is 0 Å². The van der Waals surface area contributed by atoms with Gasteiger partial charge in [0.2, 0.25) is 16.5 Å². The lowest BCUT2D eigenvalue weighted by Crippen LogP contribution is -2.23. The second-order valence-corrected chi connectivity index (χ2v) is 7.55. The molecule has 0 unspecified atom stereocenters. The topological polar surface area (TPSA) is 122 Å². The summed E-state index contributed by atoms with van der Waals surface area (Å²) < 4.78 is 19.4. The molecule has 3 heterocycles. The first kappa shape index (κ1) is 20.7. The van der Waals surface area contributed by atoms with E-state index >= 15 is 0 Å². The number of ether oxygens (including phenoxy) is 3. The number of fused-ring (bicyclic) bond motifs is 1. The zero-order valence-corrected chi connectivity index (χ0v) is 17.7. The predicted molar refractivity (Wildman–Crippen MR) is 112 cm³/mol. The van der Waals surface area contributed by atoms with Gasteiger partial charge in [-0.1, -0.05) is 11.8 Å². The molecule has 0 fully saturated rings. The number of hydrogen-bond donors (Lipinski definition) is 1. The summed E-state index contributed by atoms with van der Waals surface area (Å²) in [5, 5.41) is 14.7. The summed E-state index contributed by atoms with van der Waals surface area (Å²) in [5.41, 5.74) is 0.956. The molecule has 1 aliphatic heterocycles. The third-order valence-corrected chi connectivity index (χ3v) is 5.52. The van der Waals surface area contributed by atoms with Crippen LogP contribution in [0.15, 0.2) is 40.4 Å². The second kappa shape index (κ2) is 9.08. The first-order valence-electron chi connectivity index (χ1n) is 9.35. The summed E-state index contributed by atoms with van der Waals surface area (Å²) in [6.45, 7) is 0.944. The fraction of sp³-hybridized carbons (Fsp3) is 0.316. The molecule has 0 radical (unpaired) electrons. The zero-order chi connectivity index (χ0) is 21.8. The number of hydrogen-bond acceptors (Lipinski definition) is 9. The fourth-order valence-corrected chi connectivity index (χ4v) is 3.82. The summed E-state index contributed by atoms with van der Waals surface area (Å²) in [6.07, 6.45) is 1.52. The standard InChI is InChI=1S/C19H20N6O5S/c1-24-19(21-22-23-24)31-11-13-8-14(26)17(28-2)9-25(13)10-18(27)20-12-3-4-15-16(7-12)30-6-5-29-15/h3-4,7-9H,5-6,10-11H2,1-2H3,(H,20,27). The fourth-order valence-electron chi connectivity index (χ4n) is 2.98. The number of rotatable bonds is 7. The predicted octanol–water partition coefficient (Wildman–Crippen LogP) is 1.08. The molecule has 12 heteroatoms. The van der Waals surface area contributed by atoms with E-state index in [1.54, 1.807) is 29.8 Å². The van der Waals surface area contributed by atoms with Crippen LogP contribution in [0.25, 0.3) is 0 Å². The highest BCUT2D eigenvalue weighted by Gasteiger charge is 2.15. The number of methoxy groups -OCH3 is 1. The van der Waals surface area contributed by atoms with Crippen molar-refractivity contribution < 1.29 is 19.0 Å². The van der Waals surface area contributed by atoms with Gasteiger partial charge in [-0.3, -0.25) is 9.59 Å². The van der Waals surface area contributed by atoms with Crippen LogP contribution < -0.4 is 25.0 Å². The molecule has 0 bridgehead atoms. The normalized spacial score (nSPS) is 12.5. The minimum Gasteiger partial charge on any atom is -0.491 e. The molecule has 162 valence electrons. The number of nitrogens with zero attached hydrogens (tertiary/aromatic N) is 5. The van der Waals surface area contributed by atoms with E-state index in [4.69, 9.17) is 14.2 Å². The van der Waals surface area contributed by atoms with Crippen LogP contribution in [0.1, 0.15) is 5.69 Å². The summed E-state index contributed by atoms with van der Waals surface area (Å²) in [6, 6.07) is 6.67. The van der Waals surface area contributed by atoms with Gasteiger partial charge in [-0.2, -0.15) is 0 Å². The van der Waals surface area contributed by atoms with E-state index in [9.17, 15) is 9.59 Å². The first-order valence-corrected chi connectivity index (χ1v) is 10.3. The average Bonchev–Trinajstić information content (AvgIpc) is 3.18. The maximum absolute atomic E-state index is 12.7. The summed E-state index contributed by atoms with van der Waals surface area (Å²) in [5.74, 6) is 1.51. The summed E-state index contributed by atoms with van der Waals surface area (Å²) in [4.78, 5) is 25.0. The number of amides is 1. The van der Waals surface area contributed by atoms with Crippen LogP contribution in [0, 0.1) is 0 Å². The number of carbonyl (C=O) groups excluding carboxylic acids is 1. The Morgan fingerprint density at radius 2 is 2.06 bits per heavy atom. The number of anilines is 1. The first-order chi connectivity index (χ1) is 15.0. The van der Waals surface area contributed by atoms with Crippen LogP contribution in [-0.4, -0.2) is 51.0 Å². The van der Waals surface area contributed by atoms with Gasteiger partial charge in [0.15, 0.2) is 17.2 Å². The number of nitrogens with one attached hydrogen (secondary N) is 1. The molecule has 2 aromatic heterocycles. The van der Waals surface area contributed by atoms with Crippen molar-refractivity contribution in [1.82, 2.24) is 24.8 Å². The van der Waals surface area contributed by atoms with E-state index in [1.165, 1.54) is 35.8 Å². The zero-order valence-electron chi connectivity index (χ0n) is 16.9. The maximum atomic E-state index is 12.7. The Kier molecular flexibility index (Phi) is 6.07. The van der Waals surface area contributed by atoms with Crippen LogP contribution in [0.2, 0.25) is 0 Å². The van der Waals surface area contributed by atoms with Gasteiger partial charge in [-0.25, -0.2) is 4.68 Å². The number of pyridine rings is 1. The molecule has 1 N–H and O–H groups in total. The number of aryl methyl sites for hydroxylation is 1. The van der Waals surface area contributed by atoms with Crippen molar-refractivity contribution >= 4 is 23.4 Å². The average molecular weight is 444 g/mol. The van der Waals surface area contributed by atoms with Crippen molar-refractivity contribution in [2.24, 2.45) is 7.05 Å².